The summed E-state index contributed by atoms with van der Waals surface area (Å²) in [5.41, 5.74) is 3.11. The SMILES string of the molecule is C/C=C/CCc1ccc(C2CCC(C3CCC(C4CCC(CCC)C4)CC3)CC2)cc1. The second-order valence-electron chi connectivity index (χ2n) is 11.4. The fourth-order valence-corrected chi connectivity index (χ4v) is 7.60. The molecule has 0 bridgehead atoms. The van der Waals surface area contributed by atoms with Crippen LogP contribution in [0.1, 0.15) is 121 Å². The van der Waals surface area contributed by atoms with Gasteiger partial charge in [-0.3, -0.25) is 0 Å². The number of benzene rings is 1. The molecule has 172 valence electrons. The van der Waals surface area contributed by atoms with Crippen LogP contribution in [-0.4, -0.2) is 0 Å². The monoisotopic (exact) mass is 420 g/mol. The predicted octanol–water partition coefficient (Wildman–Crippen LogP) is 9.49. The van der Waals surface area contributed by atoms with Crippen molar-refractivity contribution in [3.8, 4) is 0 Å². The van der Waals surface area contributed by atoms with Gasteiger partial charge < -0.3 is 0 Å². The van der Waals surface area contributed by atoms with Gasteiger partial charge in [0.15, 0.2) is 0 Å². The van der Waals surface area contributed by atoms with E-state index in [1.165, 1.54) is 56.9 Å². The summed E-state index contributed by atoms with van der Waals surface area (Å²) in [6.45, 7) is 4.48. The molecule has 3 saturated carbocycles. The number of allylic oxidation sites excluding steroid dienone is 2. The third-order valence-electron chi connectivity index (χ3n) is 9.49. The molecule has 31 heavy (non-hydrogen) atoms. The molecule has 0 spiro atoms. The van der Waals surface area contributed by atoms with Crippen molar-refractivity contribution in [2.24, 2.45) is 29.6 Å². The van der Waals surface area contributed by atoms with Gasteiger partial charge in [0.05, 0.1) is 0 Å². The number of rotatable bonds is 8. The quantitative estimate of drug-likeness (QED) is 0.367. The molecule has 3 aliphatic carbocycles. The molecule has 0 heterocycles. The van der Waals surface area contributed by atoms with Crippen LogP contribution >= 0.6 is 0 Å². The van der Waals surface area contributed by atoms with E-state index in [1.807, 2.05) is 0 Å². The highest BCUT2D eigenvalue weighted by Crippen LogP contribution is 2.48. The van der Waals surface area contributed by atoms with E-state index in [1.54, 1.807) is 50.5 Å². The van der Waals surface area contributed by atoms with Gasteiger partial charge in [-0.2, -0.15) is 0 Å². The summed E-state index contributed by atoms with van der Waals surface area (Å²) >= 11 is 0. The summed E-state index contributed by atoms with van der Waals surface area (Å²) in [5.74, 6) is 6.17. The van der Waals surface area contributed by atoms with Crippen LogP contribution in [0.3, 0.4) is 0 Å². The van der Waals surface area contributed by atoms with E-state index in [-0.39, 0.29) is 0 Å². The molecule has 0 heteroatoms. The van der Waals surface area contributed by atoms with Crippen LogP contribution in [0.25, 0.3) is 0 Å². The fraction of sp³-hybridized carbons (Fsp3) is 0.742. The van der Waals surface area contributed by atoms with Crippen LogP contribution in [0.4, 0.5) is 0 Å². The minimum atomic E-state index is 0.825. The van der Waals surface area contributed by atoms with Gasteiger partial charge in [0.2, 0.25) is 0 Å². The maximum Gasteiger partial charge on any atom is -0.0162 e. The third kappa shape index (κ3) is 6.27. The lowest BCUT2D eigenvalue weighted by atomic mass is 9.66. The van der Waals surface area contributed by atoms with Crippen molar-refractivity contribution in [2.45, 2.75) is 116 Å². The van der Waals surface area contributed by atoms with Crippen LogP contribution in [0.5, 0.6) is 0 Å². The number of hydrogen-bond acceptors (Lipinski definition) is 0. The van der Waals surface area contributed by atoms with Crippen molar-refractivity contribution >= 4 is 0 Å². The highest BCUT2D eigenvalue weighted by atomic mass is 14.4. The largest absolute Gasteiger partial charge is 0.0917 e. The van der Waals surface area contributed by atoms with E-state index in [9.17, 15) is 0 Å². The van der Waals surface area contributed by atoms with Crippen molar-refractivity contribution in [1.29, 1.82) is 0 Å². The zero-order valence-corrected chi connectivity index (χ0v) is 20.5. The van der Waals surface area contributed by atoms with Gasteiger partial charge in [0, 0.05) is 0 Å². The molecule has 3 aliphatic rings. The molecule has 0 N–H and O–H groups in total. The first kappa shape index (κ1) is 23.1. The van der Waals surface area contributed by atoms with Crippen LogP contribution in [0, 0.1) is 29.6 Å². The van der Waals surface area contributed by atoms with E-state index in [4.69, 9.17) is 0 Å². The molecular weight excluding hydrogens is 372 g/mol. The molecule has 2 unspecified atom stereocenters. The van der Waals surface area contributed by atoms with Gasteiger partial charge in [0.1, 0.15) is 0 Å². The van der Waals surface area contributed by atoms with Gasteiger partial charge >= 0.3 is 0 Å². The molecule has 0 saturated heterocycles. The first-order chi connectivity index (χ1) is 15.3. The highest BCUT2D eigenvalue weighted by molar-refractivity contribution is 5.26. The smallest absolute Gasteiger partial charge is 0.0162 e. The molecule has 0 aromatic heterocycles. The Bertz CT molecular complexity index is 652. The van der Waals surface area contributed by atoms with Crippen molar-refractivity contribution in [1.82, 2.24) is 0 Å². The minimum absolute atomic E-state index is 0.825. The summed E-state index contributed by atoms with van der Waals surface area (Å²) in [5, 5.41) is 0. The molecule has 3 fully saturated rings. The summed E-state index contributed by atoms with van der Waals surface area (Å²) in [6.07, 6.45) is 26.4. The summed E-state index contributed by atoms with van der Waals surface area (Å²) in [7, 11) is 0. The first-order valence-electron chi connectivity index (χ1n) is 14.0. The van der Waals surface area contributed by atoms with E-state index in [0.717, 1.165) is 35.5 Å². The van der Waals surface area contributed by atoms with Crippen molar-refractivity contribution in [2.75, 3.05) is 0 Å². The Morgan fingerprint density at radius 2 is 1.32 bits per heavy atom. The van der Waals surface area contributed by atoms with Crippen LogP contribution < -0.4 is 0 Å². The predicted molar refractivity (Wildman–Crippen MR) is 135 cm³/mol. The molecule has 1 aromatic rings. The van der Waals surface area contributed by atoms with E-state index in [2.05, 4.69) is 50.3 Å². The van der Waals surface area contributed by atoms with Crippen LogP contribution in [0.2, 0.25) is 0 Å². The van der Waals surface area contributed by atoms with Gasteiger partial charge in [-0.25, -0.2) is 0 Å². The zero-order chi connectivity index (χ0) is 21.5. The summed E-state index contributed by atoms with van der Waals surface area (Å²) < 4.78 is 0. The normalized spacial score (nSPS) is 34.4. The molecule has 2 atom stereocenters. The van der Waals surface area contributed by atoms with E-state index >= 15 is 0 Å². The number of hydrogen-bond donors (Lipinski definition) is 0. The third-order valence-corrected chi connectivity index (χ3v) is 9.49. The second kappa shape index (κ2) is 11.7. The van der Waals surface area contributed by atoms with Gasteiger partial charge in [-0.15, -0.1) is 0 Å². The maximum atomic E-state index is 2.44. The zero-order valence-electron chi connectivity index (χ0n) is 20.5. The second-order valence-corrected chi connectivity index (χ2v) is 11.4. The van der Waals surface area contributed by atoms with E-state index < -0.39 is 0 Å². The lowest BCUT2D eigenvalue weighted by Gasteiger charge is -2.39. The Hall–Kier alpha value is -1.04. The Labute approximate surface area is 193 Å². The average Bonchev–Trinajstić information content (AvgIpc) is 3.29. The number of aryl methyl sites for hydroxylation is 1. The molecule has 1 aromatic carbocycles. The molecular formula is C31H48. The Kier molecular flexibility index (Phi) is 8.74. The molecule has 0 amide bonds. The highest BCUT2D eigenvalue weighted by Gasteiger charge is 2.36. The summed E-state index contributed by atoms with van der Waals surface area (Å²) in [6, 6.07) is 9.66. The average molecular weight is 421 g/mol. The van der Waals surface area contributed by atoms with Gasteiger partial charge in [-0.1, -0.05) is 62.6 Å². The van der Waals surface area contributed by atoms with Crippen molar-refractivity contribution in [3.63, 3.8) is 0 Å². The first-order valence-corrected chi connectivity index (χ1v) is 14.0. The Balaban J connectivity index is 1.18. The Morgan fingerprint density at radius 3 is 1.94 bits per heavy atom. The van der Waals surface area contributed by atoms with E-state index in [0.29, 0.717) is 0 Å². The standard InChI is InChI=1S/C31H48/c1-3-5-6-8-24-9-12-26(13-10-24)27-15-17-28(18-16-27)29-19-21-30(22-20-29)31-14-11-25(23-31)7-4-2/h3,5,9-10,12-13,25,27-31H,4,6-8,11,14-23H2,1-2H3/b5-3+. The lowest BCUT2D eigenvalue weighted by molar-refractivity contribution is 0.134. The lowest BCUT2D eigenvalue weighted by Crippen LogP contribution is -2.27. The van der Waals surface area contributed by atoms with Crippen LogP contribution in [0.15, 0.2) is 36.4 Å². The van der Waals surface area contributed by atoms with Crippen LogP contribution in [-0.2, 0) is 6.42 Å². The van der Waals surface area contributed by atoms with Gasteiger partial charge in [-0.05, 0) is 131 Å². The van der Waals surface area contributed by atoms with Crippen molar-refractivity contribution in [3.05, 3.63) is 47.5 Å². The van der Waals surface area contributed by atoms with Gasteiger partial charge in [0.25, 0.3) is 0 Å². The Morgan fingerprint density at radius 1 is 0.742 bits per heavy atom. The summed E-state index contributed by atoms with van der Waals surface area (Å²) in [4.78, 5) is 0. The van der Waals surface area contributed by atoms with Crippen molar-refractivity contribution < 1.29 is 0 Å². The molecule has 0 aliphatic heterocycles. The molecule has 4 rings (SSSR count). The topological polar surface area (TPSA) is 0 Å². The minimum Gasteiger partial charge on any atom is -0.0917 e. The maximum absolute atomic E-state index is 2.44. The molecule has 0 nitrogen and oxygen atoms in total. The fourth-order valence-electron chi connectivity index (χ4n) is 7.60. The molecule has 0 radical (unpaired) electrons.